The standard InChI is InChI=1S/C9H16N4O/c1-9(2,3)7-6(8(10)12-14)5-13(4)11-7/h5,14H,1-4H3,(H2,10,12). The second kappa shape index (κ2) is 3.32. The fourth-order valence-electron chi connectivity index (χ4n) is 1.28. The molecule has 1 rings (SSSR count). The molecular formula is C9H16N4O. The molecule has 0 aliphatic rings. The summed E-state index contributed by atoms with van der Waals surface area (Å²) in [4.78, 5) is 0. The largest absolute Gasteiger partial charge is 0.409 e. The van der Waals surface area contributed by atoms with Crippen LogP contribution in [0.3, 0.4) is 0 Å². The molecular weight excluding hydrogens is 180 g/mol. The Labute approximate surface area is 83.2 Å². The van der Waals surface area contributed by atoms with Crippen molar-refractivity contribution in [1.29, 1.82) is 0 Å². The van der Waals surface area contributed by atoms with Crippen LogP contribution in [-0.2, 0) is 12.5 Å². The molecule has 0 fully saturated rings. The summed E-state index contributed by atoms with van der Waals surface area (Å²) in [5, 5.41) is 15.9. The third kappa shape index (κ3) is 1.86. The molecule has 3 N–H and O–H groups in total. The highest BCUT2D eigenvalue weighted by Gasteiger charge is 2.23. The molecule has 0 saturated heterocycles. The summed E-state index contributed by atoms with van der Waals surface area (Å²) >= 11 is 0. The number of nitrogens with zero attached hydrogens (tertiary/aromatic N) is 3. The van der Waals surface area contributed by atoms with Crippen LogP contribution in [0.1, 0.15) is 32.0 Å². The Bertz CT molecular complexity index is 359. The van der Waals surface area contributed by atoms with Crippen molar-refractivity contribution in [3.63, 3.8) is 0 Å². The Kier molecular flexibility index (Phi) is 2.51. The summed E-state index contributed by atoms with van der Waals surface area (Å²) in [6.45, 7) is 6.09. The highest BCUT2D eigenvalue weighted by atomic mass is 16.4. The third-order valence-corrected chi connectivity index (χ3v) is 1.92. The second-order valence-corrected chi connectivity index (χ2v) is 4.30. The summed E-state index contributed by atoms with van der Waals surface area (Å²) in [5.74, 6) is 0.100. The zero-order valence-electron chi connectivity index (χ0n) is 8.94. The normalized spacial score (nSPS) is 13.3. The lowest BCUT2D eigenvalue weighted by molar-refractivity contribution is 0.318. The number of nitrogens with two attached hydrogens (primary N) is 1. The molecule has 0 bridgehead atoms. The maximum Gasteiger partial charge on any atom is 0.173 e. The van der Waals surface area contributed by atoms with E-state index in [0.717, 1.165) is 5.69 Å². The third-order valence-electron chi connectivity index (χ3n) is 1.92. The van der Waals surface area contributed by atoms with E-state index in [4.69, 9.17) is 10.9 Å². The van der Waals surface area contributed by atoms with Crippen molar-refractivity contribution in [1.82, 2.24) is 9.78 Å². The van der Waals surface area contributed by atoms with Crippen molar-refractivity contribution < 1.29 is 5.21 Å². The highest BCUT2D eigenvalue weighted by Crippen LogP contribution is 2.23. The topological polar surface area (TPSA) is 76.4 Å². The van der Waals surface area contributed by atoms with Crippen molar-refractivity contribution in [2.75, 3.05) is 0 Å². The van der Waals surface area contributed by atoms with Gasteiger partial charge < -0.3 is 10.9 Å². The van der Waals surface area contributed by atoms with Crippen molar-refractivity contribution in [3.8, 4) is 0 Å². The maximum atomic E-state index is 8.61. The van der Waals surface area contributed by atoms with Crippen LogP contribution < -0.4 is 5.73 Å². The summed E-state index contributed by atoms with van der Waals surface area (Å²) in [5.41, 5.74) is 6.94. The van der Waals surface area contributed by atoms with Gasteiger partial charge in [0.1, 0.15) is 0 Å². The lowest BCUT2D eigenvalue weighted by atomic mass is 9.89. The first kappa shape index (κ1) is 10.6. The van der Waals surface area contributed by atoms with Crippen molar-refractivity contribution in [3.05, 3.63) is 17.5 Å². The SMILES string of the molecule is Cn1cc(/C(N)=N\O)c(C(C)(C)C)n1. The Morgan fingerprint density at radius 1 is 1.57 bits per heavy atom. The number of rotatable bonds is 1. The average Bonchev–Trinajstić information content (AvgIpc) is 2.45. The van der Waals surface area contributed by atoms with E-state index in [0.29, 0.717) is 5.56 Å². The van der Waals surface area contributed by atoms with Gasteiger partial charge >= 0.3 is 0 Å². The van der Waals surface area contributed by atoms with Gasteiger partial charge in [0.2, 0.25) is 0 Å². The van der Waals surface area contributed by atoms with Gasteiger partial charge in [0, 0.05) is 18.7 Å². The lowest BCUT2D eigenvalue weighted by Crippen LogP contribution is -2.21. The van der Waals surface area contributed by atoms with Crippen LogP contribution in [0.4, 0.5) is 0 Å². The molecule has 0 saturated carbocycles. The molecule has 78 valence electrons. The molecule has 0 amide bonds. The number of hydrogen-bond acceptors (Lipinski definition) is 3. The molecule has 0 spiro atoms. The Morgan fingerprint density at radius 3 is 2.57 bits per heavy atom. The molecule has 1 heterocycles. The molecule has 0 radical (unpaired) electrons. The van der Waals surface area contributed by atoms with Crippen LogP contribution in [0.2, 0.25) is 0 Å². The molecule has 0 aliphatic carbocycles. The van der Waals surface area contributed by atoms with Gasteiger partial charge in [-0.1, -0.05) is 25.9 Å². The van der Waals surface area contributed by atoms with Gasteiger partial charge in [0.15, 0.2) is 5.84 Å². The number of amidine groups is 1. The van der Waals surface area contributed by atoms with Crippen LogP contribution in [0.25, 0.3) is 0 Å². The first-order valence-electron chi connectivity index (χ1n) is 4.38. The smallest absolute Gasteiger partial charge is 0.173 e. The van der Waals surface area contributed by atoms with Gasteiger partial charge in [-0.25, -0.2) is 0 Å². The molecule has 0 atom stereocenters. The van der Waals surface area contributed by atoms with Gasteiger partial charge in [0.25, 0.3) is 0 Å². The summed E-state index contributed by atoms with van der Waals surface area (Å²) in [6.07, 6.45) is 1.75. The molecule has 5 heteroatoms. The Balaban J connectivity index is 3.30. The summed E-state index contributed by atoms with van der Waals surface area (Å²) < 4.78 is 1.66. The fraction of sp³-hybridized carbons (Fsp3) is 0.556. The number of hydrogen-bond donors (Lipinski definition) is 2. The molecule has 14 heavy (non-hydrogen) atoms. The predicted octanol–water partition coefficient (Wildman–Crippen LogP) is 0.812. The minimum atomic E-state index is -0.119. The predicted molar refractivity (Wildman–Crippen MR) is 54.4 cm³/mol. The van der Waals surface area contributed by atoms with E-state index in [2.05, 4.69) is 10.3 Å². The van der Waals surface area contributed by atoms with Crippen LogP contribution in [-0.4, -0.2) is 20.8 Å². The van der Waals surface area contributed by atoms with Crippen LogP contribution >= 0.6 is 0 Å². The molecule has 0 unspecified atom stereocenters. The first-order valence-corrected chi connectivity index (χ1v) is 4.38. The second-order valence-electron chi connectivity index (χ2n) is 4.30. The molecule has 0 aliphatic heterocycles. The van der Waals surface area contributed by atoms with E-state index in [1.165, 1.54) is 0 Å². The van der Waals surface area contributed by atoms with Crippen LogP contribution in [0.15, 0.2) is 11.4 Å². The molecule has 1 aromatic rings. The Morgan fingerprint density at radius 2 is 2.14 bits per heavy atom. The fourth-order valence-corrected chi connectivity index (χ4v) is 1.28. The maximum absolute atomic E-state index is 8.61. The molecule has 5 nitrogen and oxygen atoms in total. The van der Waals surface area contributed by atoms with Crippen molar-refractivity contribution >= 4 is 5.84 Å². The summed E-state index contributed by atoms with van der Waals surface area (Å²) in [6, 6.07) is 0. The zero-order chi connectivity index (χ0) is 10.9. The van der Waals surface area contributed by atoms with Gasteiger partial charge in [-0.3, -0.25) is 4.68 Å². The van der Waals surface area contributed by atoms with Gasteiger partial charge in [-0.15, -0.1) is 0 Å². The lowest BCUT2D eigenvalue weighted by Gasteiger charge is -2.16. The number of aryl methyl sites for hydroxylation is 1. The van der Waals surface area contributed by atoms with Crippen LogP contribution in [0, 0.1) is 0 Å². The average molecular weight is 196 g/mol. The van der Waals surface area contributed by atoms with E-state index in [9.17, 15) is 0 Å². The minimum absolute atomic E-state index is 0.100. The van der Waals surface area contributed by atoms with Crippen molar-refractivity contribution in [2.45, 2.75) is 26.2 Å². The van der Waals surface area contributed by atoms with Gasteiger partial charge in [-0.2, -0.15) is 5.10 Å². The monoisotopic (exact) mass is 196 g/mol. The van der Waals surface area contributed by atoms with Crippen molar-refractivity contribution in [2.24, 2.45) is 17.9 Å². The Hall–Kier alpha value is -1.52. The quantitative estimate of drug-likeness (QED) is 0.302. The molecule has 1 aromatic heterocycles. The zero-order valence-corrected chi connectivity index (χ0v) is 8.94. The van der Waals surface area contributed by atoms with E-state index in [-0.39, 0.29) is 11.3 Å². The van der Waals surface area contributed by atoms with Gasteiger partial charge in [0.05, 0.1) is 11.3 Å². The van der Waals surface area contributed by atoms with E-state index >= 15 is 0 Å². The van der Waals surface area contributed by atoms with E-state index in [1.807, 2.05) is 27.8 Å². The first-order chi connectivity index (χ1) is 6.36. The van der Waals surface area contributed by atoms with E-state index < -0.39 is 0 Å². The number of oxime groups is 1. The highest BCUT2D eigenvalue weighted by molar-refractivity contribution is 5.98. The van der Waals surface area contributed by atoms with Gasteiger partial charge in [-0.05, 0) is 0 Å². The number of aromatic nitrogens is 2. The van der Waals surface area contributed by atoms with Crippen LogP contribution in [0.5, 0.6) is 0 Å². The summed E-state index contributed by atoms with van der Waals surface area (Å²) in [7, 11) is 1.81. The van der Waals surface area contributed by atoms with E-state index in [1.54, 1.807) is 10.9 Å². The molecule has 0 aromatic carbocycles. The minimum Gasteiger partial charge on any atom is -0.409 e.